The molecule has 0 unspecified atom stereocenters. The molecule has 122 valence electrons. The second kappa shape index (κ2) is 6.18. The van der Waals surface area contributed by atoms with Crippen LogP contribution in [0.15, 0.2) is 38.7 Å². The third-order valence-electron chi connectivity index (χ3n) is 3.83. The number of aromatic nitrogens is 2. The van der Waals surface area contributed by atoms with E-state index in [9.17, 15) is 13.2 Å². The summed E-state index contributed by atoms with van der Waals surface area (Å²) >= 11 is 3.53. The maximum atomic E-state index is 12.1. The number of sulfone groups is 1. The van der Waals surface area contributed by atoms with E-state index in [4.69, 9.17) is 0 Å². The fourth-order valence-electron chi connectivity index (χ4n) is 2.65. The van der Waals surface area contributed by atoms with Crippen molar-refractivity contribution in [1.82, 2.24) is 14.9 Å². The summed E-state index contributed by atoms with van der Waals surface area (Å²) in [6, 6.07) is 7.95. The average Bonchev–Trinajstić information content (AvgIpc) is 2.48. The number of hydrogen-bond acceptors (Lipinski definition) is 5. The molecule has 0 saturated carbocycles. The van der Waals surface area contributed by atoms with Crippen molar-refractivity contribution in [3.8, 4) is 0 Å². The molecule has 23 heavy (non-hydrogen) atoms. The molecule has 0 bridgehead atoms. The number of aromatic amines is 1. The van der Waals surface area contributed by atoms with E-state index in [-0.39, 0.29) is 10.7 Å². The summed E-state index contributed by atoms with van der Waals surface area (Å²) in [6.07, 6.45) is 1.60. The molecule has 0 aliphatic carbocycles. The Labute approximate surface area is 142 Å². The zero-order chi connectivity index (χ0) is 16.6. The third-order valence-corrected chi connectivity index (χ3v) is 5.50. The van der Waals surface area contributed by atoms with Gasteiger partial charge >= 0.3 is 0 Å². The molecule has 0 atom stereocenters. The van der Waals surface area contributed by atoms with Gasteiger partial charge in [0.1, 0.15) is 0 Å². The lowest BCUT2D eigenvalue weighted by Crippen LogP contribution is -2.35. The Balaban J connectivity index is 1.90. The highest BCUT2D eigenvalue weighted by atomic mass is 79.9. The van der Waals surface area contributed by atoms with E-state index in [1.807, 2.05) is 24.3 Å². The van der Waals surface area contributed by atoms with E-state index in [1.54, 1.807) is 0 Å². The van der Waals surface area contributed by atoms with Gasteiger partial charge in [-0.15, -0.1) is 0 Å². The van der Waals surface area contributed by atoms with Gasteiger partial charge in [-0.2, -0.15) is 0 Å². The lowest BCUT2D eigenvalue weighted by atomic mass is 10.1. The van der Waals surface area contributed by atoms with Crippen LogP contribution in [-0.4, -0.2) is 36.1 Å². The second-order valence-electron chi connectivity index (χ2n) is 5.62. The van der Waals surface area contributed by atoms with E-state index in [2.05, 4.69) is 30.8 Å². The summed E-state index contributed by atoms with van der Waals surface area (Å²) in [5.41, 5.74) is 1.92. The van der Waals surface area contributed by atoms with Crippen LogP contribution in [0.25, 0.3) is 0 Å². The van der Waals surface area contributed by atoms with Crippen molar-refractivity contribution in [2.75, 3.05) is 12.8 Å². The first-order chi connectivity index (χ1) is 10.8. The standard InChI is InChI=1S/C15H16BrN3O3S/c1-23(21,22)15-17-13-9-19(7-6-11(13)14(20)18-15)8-10-4-2-3-5-12(10)16/h2-5H,6-9H2,1H3,(H,17,18,20). The molecule has 1 aromatic heterocycles. The maximum absolute atomic E-state index is 12.1. The lowest BCUT2D eigenvalue weighted by molar-refractivity contribution is 0.239. The minimum Gasteiger partial charge on any atom is -0.297 e. The first-order valence-corrected chi connectivity index (χ1v) is 9.81. The van der Waals surface area contributed by atoms with Crippen LogP contribution in [0.1, 0.15) is 16.8 Å². The summed E-state index contributed by atoms with van der Waals surface area (Å²) in [7, 11) is -3.53. The summed E-state index contributed by atoms with van der Waals surface area (Å²) in [5, 5.41) is -0.260. The summed E-state index contributed by atoms with van der Waals surface area (Å²) in [4.78, 5) is 20.7. The van der Waals surface area contributed by atoms with E-state index < -0.39 is 9.84 Å². The Kier molecular flexibility index (Phi) is 4.39. The van der Waals surface area contributed by atoms with Crippen LogP contribution in [0.3, 0.4) is 0 Å². The van der Waals surface area contributed by atoms with Crippen molar-refractivity contribution in [2.45, 2.75) is 24.7 Å². The molecule has 2 aromatic rings. The largest absolute Gasteiger partial charge is 0.297 e. The number of nitrogens with zero attached hydrogens (tertiary/aromatic N) is 2. The minimum atomic E-state index is -3.53. The summed E-state index contributed by atoms with van der Waals surface area (Å²) < 4.78 is 24.3. The van der Waals surface area contributed by atoms with Gasteiger partial charge < -0.3 is 0 Å². The molecule has 1 N–H and O–H groups in total. The first-order valence-electron chi connectivity index (χ1n) is 7.12. The van der Waals surface area contributed by atoms with Gasteiger partial charge in [0.2, 0.25) is 15.0 Å². The number of fused-ring (bicyclic) bond motifs is 1. The quantitative estimate of drug-likeness (QED) is 0.793. The van der Waals surface area contributed by atoms with E-state index >= 15 is 0 Å². The molecule has 0 radical (unpaired) electrons. The molecule has 0 amide bonds. The number of benzene rings is 1. The maximum Gasteiger partial charge on any atom is 0.255 e. The molecule has 8 heteroatoms. The van der Waals surface area contributed by atoms with E-state index in [1.165, 1.54) is 0 Å². The molecule has 0 fully saturated rings. The van der Waals surface area contributed by atoms with Gasteiger partial charge in [-0.1, -0.05) is 34.1 Å². The summed E-state index contributed by atoms with van der Waals surface area (Å²) in [5.74, 6) is 0. The third kappa shape index (κ3) is 3.54. The second-order valence-corrected chi connectivity index (χ2v) is 8.41. The molecule has 0 saturated heterocycles. The number of hydrogen-bond donors (Lipinski definition) is 1. The SMILES string of the molecule is CS(=O)(=O)c1nc2c(c(=O)[nH]1)CCN(Cc1ccccc1Br)C2. The van der Waals surface area contributed by atoms with E-state index in [0.29, 0.717) is 30.8 Å². The molecule has 1 aliphatic rings. The summed E-state index contributed by atoms with van der Waals surface area (Å²) in [6.45, 7) is 1.91. The predicted molar refractivity (Wildman–Crippen MR) is 89.9 cm³/mol. The van der Waals surface area contributed by atoms with Gasteiger partial charge in [-0.25, -0.2) is 13.4 Å². The van der Waals surface area contributed by atoms with Crippen LogP contribution in [0, 0.1) is 0 Å². The fraction of sp³-hybridized carbons (Fsp3) is 0.333. The number of rotatable bonds is 3. The Morgan fingerprint density at radius 2 is 2.09 bits per heavy atom. The molecule has 6 nitrogen and oxygen atoms in total. The Hall–Kier alpha value is -1.51. The van der Waals surface area contributed by atoms with Crippen LogP contribution < -0.4 is 5.56 Å². The normalized spacial score (nSPS) is 15.4. The monoisotopic (exact) mass is 397 g/mol. The van der Waals surface area contributed by atoms with Gasteiger partial charge in [0.15, 0.2) is 0 Å². The Bertz CT molecular complexity index is 908. The Morgan fingerprint density at radius 1 is 1.35 bits per heavy atom. The molecule has 1 aliphatic heterocycles. The topological polar surface area (TPSA) is 83.1 Å². The van der Waals surface area contributed by atoms with E-state index in [0.717, 1.165) is 22.8 Å². The zero-order valence-electron chi connectivity index (χ0n) is 12.5. The van der Waals surface area contributed by atoms with Crippen molar-refractivity contribution in [3.63, 3.8) is 0 Å². The highest BCUT2D eigenvalue weighted by Gasteiger charge is 2.23. The highest BCUT2D eigenvalue weighted by Crippen LogP contribution is 2.21. The van der Waals surface area contributed by atoms with Gasteiger partial charge in [-0.05, 0) is 18.1 Å². The number of halogens is 1. The van der Waals surface area contributed by atoms with Crippen molar-refractivity contribution >= 4 is 25.8 Å². The molecule has 0 spiro atoms. The molecule has 3 rings (SSSR count). The van der Waals surface area contributed by atoms with Gasteiger partial charge in [0, 0.05) is 35.9 Å². The number of H-pyrrole nitrogens is 1. The van der Waals surface area contributed by atoms with Crippen LogP contribution in [-0.2, 0) is 29.3 Å². The van der Waals surface area contributed by atoms with Crippen LogP contribution in [0.2, 0.25) is 0 Å². The average molecular weight is 398 g/mol. The van der Waals surface area contributed by atoms with Gasteiger partial charge in [0.05, 0.1) is 5.69 Å². The van der Waals surface area contributed by atoms with Gasteiger partial charge in [0.25, 0.3) is 5.56 Å². The molecule has 2 heterocycles. The lowest BCUT2D eigenvalue weighted by Gasteiger charge is -2.27. The first kappa shape index (κ1) is 16.4. The van der Waals surface area contributed by atoms with Crippen molar-refractivity contribution < 1.29 is 8.42 Å². The molecule has 1 aromatic carbocycles. The molecular weight excluding hydrogens is 382 g/mol. The zero-order valence-corrected chi connectivity index (χ0v) is 14.9. The predicted octanol–water partition coefficient (Wildman–Crippen LogP) is 1.49. The fourth-order valence-corrected chi connectivity index (χ4v) is 3.61. The highest BCUT2D eigenvalue weighted by molar-refractivity contribution is 9.10. The van der Waals surface area contributed by atoms with Crippen LogP contribution >= 0.6 is 15.9 Å². The van der Waals surface area contributed by atoms with Crippen LogP contribution in [0.5, 0.6) is 0 Å². The van der Waals surface area contributed by atoms with Crippen molar-refractivity contribution in [2.24, 2.45) is 0 Å². The van der Waals surface area contributed by atoms with Crippen molar-refractivity contribution in [3.05, 3.63) is 55.9 Å². The van der Waals surface area contributed by atoms with Gasteiger partial charge in [-0.3, -0.25) is 14.7 Å². The molecular formula is C15H16BrN3O3S. The van der Waals surface area contributed by atoms with Crippen molar-refractivity contribution in [1.29, 1.82) is 0 Å². The Morgan fingerprint density at radius 3 is 2.78 bits per heavy atom. The minimum absolute atomic E-state index is 0.260. The smallest absolute Gasteiger partial charge is 0.255 e. The number of nitrogens with one attached hydrogen (secondary N) is 1. The van der Waals surface area contributed by atoms with Crippen LogP contribution in [0.4, 0.5) is 0 Å².